The Bertz CT molecular complexity index is 1180. The molecule has 0 saturated carbocycles. The molecule has 3 rings (SSSR count). The number of halogens is 1. The van der Waals surface area contributed by atoms with Crippen molar-refractivity contribution in [3.8, 4) is 5.75 Å². The van der Waals surface area contributed by atoms with E-state index in [9.17, 15) is 14.4 Å². The first-order valence-electron chi connectivity index (χ1n) is 9.24. The molecule has 2 aromatic carbocycles. The van der Waals surface area contributed by atoms with Gasteiger partial charge in [0, 0.05) is 11.7 Å². The van der Waals surface area contributed by atoms with E-state index in [0.717, 1.165) is 0 Å². The third-order valence-electron chi connectivity index (χ3n) is 4.85. The number of carbonyl (C=O) groups is 1. The van der Waals surface area contributed by atoms with Crippen LogP contribution >= 0.6 is 11.6 Å². The Labute approximate surface area is 172 Å². The molecule has 0 aliphatic carbocycles. The number of carbonyl (C=O) groups excluding carboxylic acids is 1. The fourth-order valence-electron chi connectivity index (χ4n) is 3.15. The van der Waals surface area contributed by atoms with E-state index < -0.39 is 11.6 Å². The standard InChI is InChI=1S/C21H22ClN3O4/c1-4-13(2)25-20(27)15-7-5-6-8-17(15)24(21(25)28)12-19(26)23-14-9-10-18(29-3)16(22)11-14/h5-11,13H,4,12H2,1-3H3,(H,23,26). The van der Waals surface area contributed by atoms with Crippen LogP contribution in [0.25, 0.3) is 10.9 Å². The van der Waals surface area contributed by atoms with Gasteiger partial charge in [-0.15, -0.1) is 0 Å². The molecule has 1 atom stereocenters. The summed E-state index contributed by atoms with van der Waals surface area (Å²) in [5, 5.41) is 3.48. The Kier molecular flexibility index (Phi) is 6.08. The molecule has 7 nitrogen and oxygen atoms in total. The molecule has 0 aliphatic rings. The van der Waals surface area contributed by atoms with Crippen LogP contribution in [0.5, 0.6) is 5.75 Å². The number of amides is 1. The van der Waals surface area contributed by atoms with Crippen LogP contribution in [0, 0.1) is 0 Å². The number of nitrogens with one attached hydrogen (secondary N) is 1. The zero-order valence-electron chi connectivity index (χ0n) is 16.4. The van der Waals surface area contributed by atoms with Gasteiger partial charge in [-0.3, -0.25) is 18.7 Å². The maximum atomic E-state index is 13.0. The number of hydrogen-bond donors (Lipinski definition) is 1. The molecule has 1 amide bonds. The van der Waals surface area contributed by atoms with Gasteiger partial charge in [0.15, 0.2) is 0 Å². The van der Waals surface area contributed by atoms with E-state index in [1.807, 2.05) is 6.92 Å². The summed E-state index contributed by atoms with van der Waals surface area (Å²) in [6.07, 6.45) is 0.615. The predicted molar refractivity (Wildman–Crippen MR) is 114 cm³/mol. The van der Waals surface area contributed by atoms with Gasteiger partial charge in [-0.2, -0.15) is 0 Å². The number of rotatable bonds is 6. The van der Waals surface area contributed by atoms with Gasteiger partial charge >= 0.3 is 5.69 Å². The summed E-state index contributed by atoms with van der Waals surface area (Å²) in [6, 6.07) is 11.4. The molecule has 3 aromatic rings. The van der Waals surface area contributed by atoms with Crippen molar-refractivity contribution < 1.29 is 9.53 Å². The zero-order valence-corrected chi connectivity index (χ0v) is 17.2. The highest BCUT2D eigenvalue weighted by molar-refractivity contribution is 6.32. The fourth-order valence-corrected chi connectivity index (χ4v) is 3.41. The summed E-state index contributed by atoms with van der Waals surface area (Å²) >= 11 is 6.10. The van der Waals surface area contributed by atoms with Crippen molar-refractivity contribution in [3.63, 3.8) is 0 Å². The number of hydrogen-bond acceptors (Lipinski definition) is 4. The highest BCUT2D eigenvalue weighted by Crippen LogP contribution is 2.27. The topological polar surface area (TPSA) is 82.3 Å². The van der Waals surface area contributed by atoms with E-state index in [2.05, 4.69) is 5.32 Å². The van der Waals surface area contributed by atoms with Crippen molar-refractivity contribution in [2.24, 2.45) is 0 Å². The van der Waals surface area contributed by atoms with E-state index in [1.165, 1.54) is 16.2 Å². The lowest BCUT2D eigenvalue weighted by Gasteiger charge is -2.17. The van der Waals surface area contributed by atoms with Gasteiger partial charge in [0.1, 0.15) is 12.3 Å². The lowest BCUT2D eigenvalue weighted by Crippen LogP contribution is -2.43. The fraction of sp³-hybridized carbons (Fsp3) is 0.286. The van der Waals surface area contributed by atoms with E-state index in [4.69, 9.17) is 16.3 Å². The van der Waals surface area contributed by atoms with Crippen LogP contribution in [0.4, 0.5) is 5.69 Å². The second-order valence-corrected chi connectivity index (χ2v) is 7.12. The molecule has 0 bridgehead atoms. The molecular weight excluding hydrogens is 394 g/mol. The quantitative estimate of drug-likeness (QED) is 0.668. The molecule has 29 heavy (non-hydrogen) atoms. The number of para-hydroxylation sites is 1. The number of methoxy groups -OCH3 is 1. The van der Waals surface area contributed by atoms with E-state index in [-0.39, 0.29) is 18.1 Å². The number of aromatic nitrogens is 2. The van der Waals surface area contributed by atoms with Crippen LogP contribution in [0.15, 0.2) is 52.1 Å². The SMILES string of the molecule is CCC(C)n1c(=O)c2ccccc2n(CC(=O)Nc2ccc(OC)c(Cl)c2)c1=O. The average molecular weight is 416 g/mol. The average Bonchev–Trinajstić information content (AvgIpc) is 2.71. The van der Waals surface area contributed by atoms with Crippen molar-refractivity contribution in [2.75, 3.05) is 12.4 Å². The first-order valence-corrected chi connectivity index (χ1v) is 9.62. The predicted octanol–water partition coefficient (Wildman–Crippen LogP) is 3.43. The van der Waals surface area contributed by atoms with Gasteiger partial charge < -0.3 is 10.1 Å². The summed E-state index contributed by atoms with van der Waals surface area (Å²) in [4.78, 5) is 38.5. The molecule has 152 valence electrons. The van der Waals surface area contributed by atoms with Gasteiger partial charge in [0.2, 0.25) is 5.91 Å². The summed E-state index contributed by atoms with van der Waals surface area (Å²) in [7, 11) is 1.50. The van der Waals surface area contributed by atoms with Crippen LogP contribution in [-0.2, 0) is 11.3 Å². The third kappa shape index (κ3) is 4.05. The van der Waals surface area contributed by atoms with Crippen LogP contribution < -0.4 is 21.3 Å². The first-order chi connectivity index (χ1) is 13.9. The third-order valence-corrected chi connectivity index (χ3v) is 5.15. The number of ether oxygens (including phenoxy) is 1. The van der Waals surface area contributed by atoms with Gasteiger partial charge in [0.25, 0.3) is 5.56 Å². The monoisotopic (exact) mass is 415 g/mol. The van der Waals surface area contributed by atoms with E-state index in [0.29, 0.717) is 33.8 Å². The molecule has 1 N–H and O–H groups in total. The Morgan fingerprint density at radius 1 is 1.21 bits per heavy atom. The number of benzene rings is 2. The number of nitrogens with zero attached hydrogens (tertiary/aromatic N) is 2. The van der Waals surface area contributed by atoms with Crippen LogP contribution in [0.2, 0.25) is 5.02 Å². The highest BCUT2D eigenvalue weighted by atomic mass is 35.5. The van der Waals surface area contributed by atoms with E-state index in [1.54, 1.807) is 49.4 Å². The molecular formula is C21H22ClN3O4. The molecule has 1 unspecified atom stereocenters. The highest BCUT2D eigenvalue weighted by Gasteiger charge is 2.18. The summed E-state index contributed by atoms with van der Waals surface area (Å²) in [6.45, 7) is 3.47. The van der Waals surface area contributed by atoms with Gasteiger partial charge in [0.05, 0.1) is 23.0 Å². The minimum absolute atomic E-state index is 0.236. The molecule has 0 spiro atoms. The lowest BCUT2D eigenvalue weighted by atomic mass is 10.2. The van der Waals surface area contributed by atoms with Crippen molar-refractivity contribution in [1.82, 2.24) is 9.13 Å². The lowest BCUT2D eigenvalue weighted by molar-refractivity contribution is -0.116. The van der Waals surface area contributed by atoms with Crippen molar-refractivity contribution in [2.45, 2.75) is 32.9 Å². The maximum absolute atomic E-state index is 13.0. The second kappa shape index (κ2) is 8.53. The van der Waals surface area contributed by atoms with Gasteiger partial charge in [-0.25, -0.2) is 4.79 Å². The Morgan fingerprint density at radius 3 is 2.59 bits per heavy atom. The Morgan fingerprint density at radius 2 is 1.93 bits per heavy atom. The van der Waals surface area contributed by atoms with Crippen LogP contribution in [0.1, 0.15) is 26.3 Å². The molecule has 1 aromatic heterocycles. The minimum atomic E-state index is -0.508. The molecule has 1 heterocycles. The minimum Gasteiger partial charge on any atom is -0.495 e. The smallest absolute Gasteiger partial charge is 0.332 e. The molecule has 0 saturated heterocycles. The largest absolute Gasteiger partial charge is 0.495 e. The maximum Gasteiger partial charge on any atom is 0.332 e. The normalized spacial score (nSPS) is 12.0. The van der Waals surface area contributed by atoms with Gasteiger partial charge in [-0.05, 0) is 43.7 Å². The Balaban J connectivity index is 2.01. The first kappa shape index (κ1) is 20.7. The van der Waals surface area contributed by atoms with Crippen LogP contribution in [0.3, 0.4) is 0 Å². The van der Waals surface area contributed by atoms with Crippen molar-refractivity contribution in [1.29, 1.82) is 0 Å². The van der Waals surface area contributed by atoms with E-state index >= 15 is 0 Å². The Hall–Kier alpha value is -3.06. The van der Waals surface area contributed by atoms with Crippen molar-refractivity contribution in [3.05, 3.63) is 68.3 Å². The number of anilines is 1. The van der Waals surface area contributed by atoms with Gasteiger partial charge in [-0.1, -0.05) is 30.7 Å². The summed E-state index contributed by atoms with van der Waals surface area (Å²) < 4.78 is 7.63. The second-order valence-electron chi connectivity index (χ2n) is 6.72. The molecule has 0 radical (unpaired) electrons. The van der Waals surface area contributed by atoms with Crippen molar-refractivity contribution >= 4 is 34.1 Å². The summed E-state index contributed by atoms with van der Waals surface area (Å²) in [5.74, 6) is 0.0837. The molecule has 0 fully saturated rings. The molecule has 8 heteroatoms. The summed E-state index contributed by atoms with van der Waals surface area (Å²) in [5.41, 5.74) is 0.0443. The zero-order chi connectivity index (χ0) is 21.1. The number of fused-ring (bicyclic) bond motifs is 1. The molecule has 0 aliphatic heterocycles. The van der Waals surface area contributed by atoms with Crippen LogP contribution in [-0.4, -0.2) is 22.2 Å².